The van der Waals surface area contributed by atoms with Gasteiger partial charge in [-0.1, -0.05) is 6.07 Å². The van der Waals surface area contributed by atoms with Gasteiger partial charge in [-0.3, -0.25) is 14.6 Å². The lowest BCUT2D eigenvalue weighted by Crippen LogP contribution is -2.50. The molecular formula is C15H14BrN3O2S. The van der Waals surface area contributed by atoms with Gasteiger partial charge in [0.15, 0.2) is 0 Å². The first-order chi connectivity index (χ1) is 10.6. The molecule has 1 aliphatic heterocycles. The van der Waals surface area contributed by atoms with Crippen molar-refractivity contribution in [3.63, 3.8) is 0 Å². The van der Waals surface area contributed by atoms with E-state index < -0.39 is 0 Å². The molecule has 1 fully saturated rings. The third-order valence-corrected chi connectivity index (χ3v) is 4.83. The maximum absolute atomic E-state index is 12.4. The second-order valence-corrected chi connectivity index (χ2v) is 6.82. The topological polar surface area (TPSA) is 53.5 Å². The van der Waals surface area contributed by atoms with E-state index in [1.54, 1.807) is 28.3 Å². The Kier molecular flexibility index (Phi) is 4.54. The lowest BCUT2D eigenvalue weighted by Gasteiger charge is -2.34. The van der Waals surface area contributed by atoms with E-state index in [9.17, 15) is 9.59 Å². The Morgan fingerprint density at radius 2 is 1.77 bits per heavy atom. The Labute approximate surface area is 140 Å². The number of carbonyl (C=O) groups excluding carboxylic acids is 2. The smallest absolute Gasteiger partial charge is 0.264 e. The van der Waals surface area contributed by atoms with Crippen molar-refractivity contribution >= 4 is 39.1 Å². The van der Waals surface area contributed by atoms with Crippen molar-refractivity contribution in [2.75, 3.05) is 26.2 Å². The largest absolute Gasteiger partial charge is 0.335 e. The highest BCUT2D eigenvalue weighted by Crippen LogP contribution is 2.16. The Morgan fingerprint density at radius 3 is 2.36 bits per heavy atom. The number of halogens is 1. The molecule has 7 heteroatoms. The van der Waals surface area contributed by atoms with Gasteiger partial charge in [0.2, 0.25) is 0 Å². The van der Waals surface area contributed by atoms with Crippen LogP contribution in [-0.4, -0.2) is 52.8 Å². The minimum Gasteiger partial charge on any atom is -0.335 e. The van der Waals surface area contributed by atoms with Crippen molar-refractivity contribution < 1.29 is 9.59 Å². The number of nitrogens with zero attached hydrogens (tertiary/aromatic N) is 3. The number of aromatic nitrogens is 1. The van der Waals surface area contributed by atoms with Gasteiger partial charge in [-0.05, 0) is 33.4 Å². The second kappa shape index (κ2) is 6.58. The average molecular weight is 380 g/mol. The van der Waals surface area contributed by atoms with Crippen molar-refractivity contribution in [1.29, 1.82) is 0 Å². The van der Waals surface area contributed by atoms with Crippen molar-refractivity contribution in [2.45, 2.75) is 0 Å². The fourth-order valence-electron chi connectivity index (χ4n) is 2.38. The molecule has 3 rings (SSSR count). The molecule has 0 aliphatic carbocycles. The summed E-state index contributed by atoms with van der Waals surface area (Å²) in [5.74, 6) is 0.00300. The molecule has 0 atom stereocenters. The van der Waals surface area contributed by atoms with Crippen LogP contribution in [0.3, 0.4) is 0 Å². The molecule has 5 nitrogen and oxygen atoms in total. The summed E-state index contributed by atoms with van der Waals surface area (Å²) in [7, 11) is 0. The maximum Gasteiger partial charge on any atom is 0.264 e. The van der Waals surface area contributed by atoms with Crippen LogP contribution in [0, 0.1) is 0 Å². The fraction of sp³-hybridized carbons (Fsp3) is 0.267. The monoisotopic (exact) mass is 379 g/mol. The van der Waals surface area contributed by atoms with Crippen LogP contribution in [0.5, 0.6) is 0 Å². The summed E-state index contributed by atoms with van der Waals surface area (Å²) in [4.78, 5) is 33.0. The van der Waals surface area contributed by atoms with E-state index in [4.69, 9.17) is 0 Å². The van der Waals surface area contributed by atoms with Gasteiger partial charge < -0.3 is 9.80 Å². The Bertz CT molecular complexity index is 682. The zero-order valence-corrected chi connectivity index (χ0v) is 14.1. The van der Waals surface area contributed by atoms with Gasteiger partial charge >= 0.3 is 0 Å². The van der Waals surface area contributed by atoms with Crippen LogP contribution in [0.2, 0.25) is 0 Å². The molecule has 22 heavy (non-hydrogen) atoms. The highest BCUT2D eigenvalue weighted by atomic mass is 79.9. The summed E-state index contributed by atoms with van der Waals surface area (Å²) in [6.07, 6.45) is 3.21. The van der Waals surface area contributed by atoms with Gasteiger partial charge in [-0.15, -0.1) is 11.3 Å². The third kappa shape index (κ3) is 3.20. The minimum absolute atomic E-state index is 0.0444. The quantitative estimate of drug-likeness (QED) is 0.805. The van der Waals surface area contributed by atoms with E-state index in [-0.39, 0.29) is 11.8 Å². The van der Waals surface area contributed by atoms with E-state index in [0.717, 1.165) is 9.35 Å². The molecule has 0 radical (unpaired) electrons. The van der Waals surface area contributed by atoms with Crippen LogP contribution in [-0.2, 0) is 0 Å². The molecule has 0 N–H and O–H groups in total. The van der Waals surface area contributed by atoms with Gasteiger partial charge in [0, 0.05) is 43.0 Å². The number of hydrogen-bond donors (Lipinski definition) is 0. The van der Waals surface area contributed by atoms with Gasteiger partial charge in [0.1, 0.15) is 0 Å². The molecule has 2 aromatic rings. The molecule has 2 amide bonds. The number of carbonyl (C=O) groups is 2. The first kappa shape index (κ1) is 15.2. The third-order valence-electron chi connectivity index (χ3n) is 3.54. The number of amides is 2. The molecule has 0 aromatic carbocycles. The van der Waals surface area contributed by atoms with Crippen molar-refractivity contribution in [3.05, 3.63) is 50.9 Å². The molecule has 1 aliphatic rings. The van der Waals surface area contributed by atoms with Crippen LogP contribution < -0.4 is 0 Å². The van der Waals surface area contributed by atoms with E-state index >= 15 is 0 Å². The zero-order valence-electron chi connectivity index (χ0n) is 11.7. The van der Waals surface area contributed by atoms with Crippen molar-refractivity contribution in [1.82, 2.24) is 14.8 Å². The number of thiophene rings is 1. The molecule has 0 spiro atoms. The van der Waals surface area contributed by atoms with Crippen LogP contribution in [0.4, 0.5) is 0 Å². The molecule has 114 valence electrons. The van der Waals surface area contributed by atoms with Gasteiger partial charge in [-0.2, -0.15) is 0 Å². The predicted octanol–water partition coefficient (Wildman–Crippen LogP) is 2.50. The maximum atomic E-state index is 12.4. The predicted molar refractivity (Wildman–Crippen MR) is 88.1 cm³/mol. The van der Waals surface area contributed by atoms with Gasteiger partial charge in [0.25, 0.3) is 11.8 Å². The summed E-state index contributed by atoms with van der Waals surface area (Å²) in [6.45, 7) is 2.21. The minimum atomic E-state index is -0.0444. The van der Waals surface area contributed by atoms with Crippen molar-refractivity contribution in [2.24, 2.45) is 0 Å². The average Bonchev–Trinajstić information content (AvgIpc) is 3.08. The second-order valence-electron chi connectivity index (χ2n) is 4.95. The van der Waals surface area contributed by atoms with Crippen LogP contribution in [0.15, 0.2) is 40.4 Å². The molecule has 0 bridgehead atoms. The molecule has 0 saturated carbocycles. The number of hydrogen-bond acceptors (Lipinski definition) is 4. The molecule has 3 heterocycles. The van der Waals surface area contributed by atoms with Crippen LogP contribution in [0.1, 0.15) is 20.0 Å². The molecule has 0 unspecified atom stereocenters. The highest BCUT2D eigenvalue weighted by molar-refractivity contribution is 9.10. The lowest BCUT2D eigenvalue weighted by molar-refractivity contribution is 0.0538. The van der Waals surface area contributed by atoms with Crippen LogP contribution in [0.25, 0.3) is 0 Å². The standard InChI is InChI=1S/C15H14BrN3O2S/c16-12-8-11(9-17-10-12)14(20)18-3-5-19(6-4-18)15(21)13-2-1-7-22-13/h1-2,7-10H,3-6H2. The summed E-state index contributed by atoms with van der Waals surface area (Å²) in [5.41, 5.74) is 0.562. The van der Waals surface area contributed by atoms with E-state index in [1.165, 1.54) is 11.3 Å². The Morgan fingerprint density at radius 1 is 1.09 bits per heavy atom. The molecule has 1 saturated heterocycles. The number of pyridine rings is 1. The Hall–Kier alpha value is -1.73. The SMILES string of the molecule is O=C(c1cncc(Br)c1)N1CCN(C(=O)c2cccs2)CC1. The molecule has 2 aromatic heterocycles. The van der Waals surface area contributed by atoms with Crippen LogP contribution >= 0.6 is 27.3 Å². The summed E-state index contributed by atoms with van der Waals surface area (Å²) in [5, 5.41) is 1.90. The van der Waals surface area contributed by atoms with Crippen molar-refractivity contribution in [3.8, 4) is 0 Å². The number of piperazine rings is 1. The van der Waals surface area contributed by atoms with Gasteiger partial charge in [0.05, 0.1) is 10.4 Å². The summed E-state index contributed by atoms with van der Waals surface area (Å²) in [6, 6.07) is 5.47. The van der Waals surface area contributed by atoms with E-state index in [1.807, 2.05) is 17.5 Å². The van der Waals surface area contributed by atoms with E-state index in [0.29, 0.717) is 31.7 Å². The fourth-order valence-corrected chi connectivity index (χ4v) is 3.44. The lowest BCUT2D eigenvalue weighted by atomic mass is 10.2. The zero-order chi connectivity index (χ0) is 15.5. The first-order valence-corrected chi connectivity index (χ1v) is 8.55. The summed E-state index contributed by atoms with van der Waals surface area (Å²) < 4.78 is 0.782. The molecular weight excluding hydrogens is 366 g/mol. The number of rotatable bonds is 2. The highest BCUT2D eigenvalue weighted by Gasteiger charge is 2.26. The summed E-state index contributed by atoms with van der Waals surface area (Å²) >= 11 is 4.77. The van der Waals surface area contributed by atoms with Gasteiger partial charge in [-0.25, -0.2) is 0 Å². The first-order valence-electron chi connectivity index (χ1n) is 6.88. The van der Waals surface area contributed by atoms with E-state index in [2.05, 4.69) is 20.9 Å². The normalized spacial score (nSPS) is 15.0. The Balaban J connectivity index is 1.62.